The molecule has 1 atom stereocenters. The van der Waals surface area contributed by atoms with Gasteiger partial charge in [-0.15, -0.1) is 0 Å². The molecule has 0 saturated heterocycles. The van der Waals surface area contributed by atoms with Gasteiger partial charge in [-0.05, 0) is 19.3 Å². The first-order valence-electron chi connectivity index (χ1n) is 4.62. The second-order valence-corrected chi connectivity index (χ2v) is 4.00. The van der Waals surface area contributed by atoms with Crippen LogP contribution in [0, 0.1) is 5.92 Å². The van der Waals surface area contributed by atoms with Crippen LogP contribution in [-0.2, 0) is 14.3 Å². The maximum absolute atomic E-state index is 11.3. The average Bonchev–Trinajstić information content (AvgIpc) is 1.99. The molecule has 0 aliphatic carbocycles. The van der Waals surface area contributed by atoms with E-state index < -0.39 is 11.6 Å². The van der Waals surface area contributed by atoms with E-state index in [2.05, 4.69) is 4.74 Å². The van der Waals surface area contributed by atoms with Crippen molar-refractivity contribution in [3.05, 3.63) is 0 Å². The van der Waals surface area contributed by atoms with E-state index in [-0.39, 0.29) is 24.5 Å². The maximum Gasteiger partial charge on any atom is 0.338 e. The predicted octanol–water partition coefficient (Wildman–Crippen LogP) is 0.916. The van der Waals surface area contributed by atoms with Crippen LogP contribution in [0.4, 0.5) is 0 Å². The molecule has 14 heavy (non-hydrogen) atoms. The summed E-state index contributed by atoms with van der Waals surface area (Å²) in [6.07, 6.45) is 0.0527. The van der Waals surface area contributed by atoms with Gasteiger partial charge in [0.15, 0.2) is 5.60 Å². The standard InChI is InChI=1S/C10H18O4/c1-7(2)5-10(13,6-8(3)11)9(12)14-4/h7,13H,5-6H2,1-4H3/t10-/m1/s1. The van der Waals surface area contributed by atoms with Crippen LogP contribution in [0.3, 0.4) is 0 Å². The highest BCUT2D eigenvalue weighted by Gasteiger charge is 2.38. The quantitative estimate of drug-likeness (QED) is 0.673. The van der Waals surface area contributed by atoms with Gasteiger partial charge in [0.2, 0.25) is 0 Å². The summed E-state index contributed by atoms with van der Waals surface area (Å²) in [4.78, 5) is 22.2. The topological polar surface area (TPSA) is 63.6 Å². The number of Topliss-reactive ketones (excluding diaryl/α,β-unsaturated/α-hetero) is 1. The Labute approximate surface area is 84.3 Å². The van der Waals surface area contributed by atoms with Crippen LogP contribution >= 0.6 is 0 Å². The SMILES string of the molecule is COC(=O)[C@](O)(CC(C)=O)CC(C)C. The van der Waals surface area contributed by atoms with Gasteiger partial charge in [-0.3, -0.25) is 4.79 Å². The monoisotopic (exact) mass is 202 g/mol. The van der Waals surface area contributed by atoms with Gasteiger partial charge in [0.1, 0.15) is 5.78 Å². The van der Waals surface area contributed by atoms with Crippen molar-refractivity contribution in [2.45, 2.75) is 39.2 Å². The smallest absolute Gasteiger partial charge is 0.338 e. The summed E-state index contributed by atoms with van der Waals surface area (Å²) >= 11 is 0. The van der Waals surface area contributed by atoms with Gasteiger partial charge in [-0.1, -0.05) is 13.8 Å². The maximum atomic E-state index is 11.3. The van der Waals surface area contributed by atoms with Crippen molar-refractivity contribution in [2.24, 2.45) is 5.92 Å². The molecule has 0 unspecified atom stereocenters. The normalized spacial score (nSPS) is 15.0. The molecule has 1 N–H and O–H groups in total. The second kappa shape index (κ2) is 5.10. The number of carbonyl (C=O) groups excluding carboxylic acids is 2. The zero-order valence-corrected chi connectivity index (χ0v) is 9.16. The molecule has 0 spiro atoms. The Hall–Kier alpha value is -0.900. The first-order valence-corrected chi connectivity index (χ1v) is 4.62. The molecule has 0 bridgehead atoms. The van der Waals surface area contributed by atoms with Gasteiger partial charge >= 0.3 is 5.97 Å². The highest BCUT2D eigenvalue weighted by Crippen LogP contribution is 2.22. The van der Waals surface area contributed by atoms with E-state index >= 15 is 0 Å². The summed E-state index contributed by atoms with van der Waals surface area (Å²) in [6.45, 7) is 5.08. The van der Waals surface area contributed by atoms with E-state index in [1.54, 1.807) is 0 Å². The molecule has 0 amide bonds. The number of hydrogen-bond acceptors (Lipinski definition) is 4. The molecule has 0 aromatic rings. The minimum absolute atomic E-state index is 0.124. The van der Waals surface area contributed by atoms with Crippen molar-refractivity contribution in [1.29, 1.82) is 0 Å². The third-order valence-electron chi connectivity index (χ3n) is 1.85. The lowest BCUT2D eigenvalue weighted by Crippen LogP contribution is -2.42. The van der Waals surface area contributed by atoms with Crippen molar-refractivity contribution >= 4 is 11.8 Å². The Kier molecular flexibility index (Phi) is 4.77. The Balaban J connectivity index is 4.65. The molecule has 0 saturated carbocycles. The fraction of sp³-hybridized carbons (Fsp3) is 0.800. The minimum Gasteiger partial charge on any atom is -0.467 e. The van der Waals surface area contributed by atoms with Gasteiger partial charge < -0.3 is 9.84 Å². The molecule has 4 nitrogen and oxygen atoms in total. The van der Waals surface area contributed by atoms with Crippen molar-refractivity contribution in [3.8, 4) is 0 Å². The second-order valence-electron chi connectivity index (χ2n) is 4.00. The van der Waals surface area contributed by atoms with Crippen LogP contribution < -0.4 is 0 Å². The number of ketones is 1. The van der Waals surface area contributed by atoms with Gasteiger partial charge in [0.05, 0.1) is 7.11 Å². The average molecular weight is 202 g/mol. The number of hydrogen-bond donors (Lipinski definition) is 1. The number of ether oxygens (including phenoxy) is 1. The third kappa shape index (κ3) is 3.87. The zero-order valence-electron chi connectivity index (χ0n) is 9.16. The molecule has 0 aliphatic heterocycles. The number of rotatable bonds is 5. The number of aliphatic hydroxyl groups is 1. The third-order valence-corrected chi connectivity index (χ3v) is 1.85. The first-order chi connectivity index (χ1) is 6.31. The highest BCUT2D eigenvalue weighted by atomic mass is 16.5. The fourth-order valence-electron chi connectivity index (χ4n) is 1.50. The summed E-state index contributed by atoms with van der Waals surface area (Å²) in [5.74, 6) is -0.835. The van der Waals surface area contributed by atoms with E-state index in [4.69, 9.17) is 0 Å². The van der Waals surface area contributed by atoms with E-state index in [9.17, 15) is 14.7 Å². The summed E-state index contributed by atoms with van der Waals surface area (Å²) in [7, 11) is 1.20. The molecule has 0 fully saturated rings. The van der Waals surface area contributed by atoms with Gasteiger partial charge in [0, 0.05) is 6.42 Å². The summed E-state index contributed by atoms with van der Waals surface area (Å²) < 4.78 is 4.48. The summed E-state index contributed by atoms with van der Waals surface area (Å²) in [6, 6.07) is 0. The lowest BCUT2D eigenvalue weighted by atomic mass is 9.88. The summed E-state index contributed by atoms with van der Waals surface area (Å²) in [5.41, 5.74) is -1.66. The number of carbonyl (C=O) groups is 2. The lowest BCUT2D eigenvalue weighted by Gasteiger charge is -2.25. The van der Waals surface area contributed by atoms with Crippen LogP contribution in [0.1, 0.15) is 33.6 Å². The largest absolute Gasteiger partial charge is 0.467 e. The molecule has 0 radical (unpaired) electrons. The Morgan fingerprint density at radius 1 is 1.43 bits per heavy atom. The molecule has 82 valence electrons. The zero-order chi connectivity index (χ0) is 11.4. The Morgan fingerprint density at radius 2 is 1.93 bits per heavy atom. The molecule has 0 heterocycles. The van der Waals surface area contributed by atoms with Crippen molar-refractivity contribution in [3.63, 3.8) is 0 Å². The first kappa shape index (κ1) is 13.1. The molecule has 0 rings (SSSR count). The van der Waals surface area contributed by atoms with Crippen molar-refractivity contribution in [2.75, 3.05) is 7.11 Å². The van der Waals surface area contributed by atoms with E-state index in [1.807, 2.05) is 13.8 Å². The lowest BCUT2D eigenvalue weighted by molar-refractivity contribution is -0.166. The van der Waals surface area contributed by atoms with E-state index in [0.29, 0.717) is 0 Å². The minimum atomic E-state index is -1.66. The molecular formula is C10H18O4. The van der Waals surface area contributed by atoms with Gasteiger partial charge in [0.25, 0.3) is 0 Å². The van der Waals surface area contributed by atoms with Gasteiger partial charge in [-0.2, -0.15) is 0 Å². The Morgan fingerprint density at radius 3 is 2.21 bits per heavy atom. The van der Waals surface area contributed by atoms with Crippen LogP contribution in [-0.4, -0.2) is 29.6 Å². The fourth-order valence-corrected chi connectivity index (χ4v) is 1.50. The molecule has 0 aromatic heterocycles. The molecule has 0 aliphatic rings. The highest BCUT2D eigenvalue weighted by molar-refractivity contribution is 5.87. The molecular weight excluding hydrogens is 184 g/mol. The van der Waals surface area contributed by atoms with E-state index in [0.717, 1.165) is 0 Å². The molecule has 4 heteroatoms. The van der Waals surface area contributed by atoms with Crippen molar-refractivity contribution < 1.29 is 19.4 Å². The predicted molar refractivity (Wildman–Crippen MR) is 51.7 cm³/mol. The van der Waals surface area contributed by atoms with E-state index in [1.165, 1.54) is 14.0 Å². The van der Waals surface area contributed by atoms with Crippen molar-refractivity contribution in [1.82, 2.24) is 0 Å². The van der Waals surface area contributed by atoms with Crippen LogP contribution in [0.25, 0.3) is 0 Å². The number of esters is 1. The Bertz CT molecular complexity index is 222. The molecule has 0 aromatic carbocycles. The number of methoxy groups -OCH3 is 1. The van der Waals surface area contributed by atoms with Gasteiger partial charge in [-0.25, -0.2) is 4.79 Å². The van der Waals surface area contributed by atoms with Crippen LogP contribution in [0.15, 0.2) is 0 Å². The van der Waals surface area contributed by atoms with Crippen LogP contribution in [0.2, 0.25) is 0 Å². The summed E-state index contributed by atoms with van der Waals surface area (Å²) in [5, 5.41) is 9.93. The van der Waals surface area contributed by atoms with Crippen LogP contribution in [0.5, 0.6) is 0 Å².